The first kappa shape index (κ1) is 13.3. The highest BCUT2D eigenvalue weighted by atomic mass is 35.5. The third kappa shape index (κ3) is 2.47. The SMILES string of the molecule is CC(Nc1ccc2ccnn2c1)c1cccc(Cl)c1Cl. The van der Waals surface area contributed by atoms with Gasteiger partial charge in [-0.2, -0.15) is 5.10 Å². The number of benzene rings is 1. The average molecular weight is 306 g/mol. The number of aromatic nitrogens is 2. The maximum atomic E-state index is 6.24. The third-order valence-electron chi connectivity index (χ3n) is 3.23. The van der Waals surface area contributed by atoms with Crippen molar-refractivity contribution in [3.8, 4) is 0 Å². The summed E-state index contributed by atoms with van der Waals surface area (Å²) in [6, 6.07) is 11.7. The Morgan fingerprint density at radius 3 is 2.85 bits per heavy atom. The summed E-state index contributed by atoms with van der Waals surface area (Å²) in [6.07, 6.45) is 3.72. The Labute approximate surface area is 127 Å². The molecule has 0 aliphatic heterocycles. The summed E-state index contributed by atoms with van der Waals surface area (Å²) in [5.74, 6) is 0. The van der Waals surface area contributed by atoms with E-state index in [-0.39, 0.29) is 6.04 Å². The van der Waals surface area contributed by atoms with Crippen LogP contribution in [0.3, 0.4) is 0 Å². The van der Waals surface area contributed by atoms with Gasteiger partial charge in [-0.15, -0.1) is 0 Å². The van der Waals surface area contributed by atoms with Crippen LogP contribution in [0.15, 0.2) is 48.8 Å². The van der Waals surface area contributed by atoms with Crippen LogP contribution in [0.25, 0.3) is 5.52 Å². The molecule has 102 valence electrons. The highest BCUT2D eigenvalue weighted by Crippen LogP contribution is 2.31. The summed E-state index contributed by atoms with van der Waals surface area (Å²) in [4.78, 5) is 0. The van der Waals surface area contributed by atoms with Crippen LogP contribution in [0.5, 0.6) is 0 Å². The summed E-state index contributed by atoms with van der Waals surface area (Å²) in [5.41, 5.74) is 3.01. The van der Waals surface area contributed by atoms with Crippen molar-refractivity contribution in [2.24, 2.45) is 0 Å². The first-order chi connectivity index (χ1) is 9.65. The number of nitrogens with zero attached hydrogens (tertiary/aromatic N) is 2. The molecule has 1 atom stereocenters. The van der Waals surface area contributed by atoms with Crippen molar-refractivity contribution in [1.82, 2.24) is 9.61 Å². The molecule has 0 aliphatic rings. The molecule has 5 heteroatoms. The highest BCUT2D eigenvalue weighted by Gasteiger charge is 2.12. The van der Waals surface area contributed by atoms with E-state index in [1.165, 1.54) is 0 Å². The Hall–Kier alpha value is -1.71. The van der Waals surface area contributed by atoms with Crippen LogP contribution in [-0.4, -0.2) is 9.61 Å². The van der Waals surface area contributed by atoms with E-state index >= 15 is 0 Å². The van der Waals surface area contributed by atoms with Crippen LogP contribution in [0.2, 0.25) is 10.0 Å². The lowest BCUT2D eigenvalue weighted by molar-refractivity contribution is 0.875. The van der Waals surface area contributed by atoms with Crippen molar-refractivity contribution in [3.63, 3.8) is 0 Å². The van der Waals surface area contributed by atoms with E-state index in [0.29, 0.717) is 10.0 Å². The van der Waals surface area contributed by atoms with Gasteiger partial charge in [-0.3, -0.25) is 0 Å². The molecule has 1 N–H and O–H groups in total. The largest absolute Gasteiger partial charge is 0.377 e. The molecule has 0 saturated carbocycles. The molecule has 3 nitrogen and oxygen atoms in total. The van der Waals surface area contributed by atoms with Gasteiger partial charge < -0.3 is 5.32 Å². The summed E-state index contributed by atoms with van der Waals surface area (Å²) < 4.78 is 1.83. The molecule has 1 unspecified atom stereocenters. The Balaban J connectivity index is 1.87. The van der Waals surface area contributed by atoms with Crippen LogP contribution in [0.1, 0.15) is 18.5 Å². The standard InChI is InChI=1S/C15H13Cl2N3/c1-10(13-3-2-4-14(16)15(13)17)19-11-5-6-12-7-8-18-20(12)9-11/h2-10,19H,1H3. The number of hydrogen-bond donors (Lipinski definition) is 1. The van der Waals surface area contributed by atoms with Crippen LogP contribution in [0, 0.1) is 0 Å². The smallest absolute Gasteiger partial charge is 0.0663 e. The second kappa shape index (κ2) is 5.35. The number of nitrogens with one attached hydrogen (secondary N) is 1. The van der Waals surface area contributed by atoms with Crippen LogP contribution < -0.4 is 5.32 Å². The van der Waals surface area contributed by atoms with E-state index in [1.807, 2.05) is 48.0 Å². The van der Waals surface area contributed by atoms with E-state index in [4.69, 9.17) is 23.2 Å². The van der Waals surface area contributed by atoms with Crippen molar-refractivity contribution in [3.05, 3.63) is 64.4 Å². The monoisotopic (exact) mass is 305 g/mol. The molecule has 0 radical (unpaired) electrons. The topological polar surface area (TPSA) is 29.3 Å². The number of rotatable bonds is 3. The molecule has 0 amide bonds. The van der Waals surface area contributed by atoms with Crippen LogP contribution >= 0.6 is 23.2 Å². The van der Waals surface area contributed by atoms with Crippen LogP contribution in [-0.2, 0) is 0 Å². The summed E-state index contributed by atoms with van der Waals surface area (Å²) in [7, 11) is 0. The second-order valence-corrected chi connectivity index (χ2v) is 5.41. The Bertz CT molecular complexity index is 752. The zero-order valence-corrected chi connectivity index (χ0v) is 12.4. The number of hydrogen-bond acceptors (Lipinski definition) is 2. The van der Waals surface area contributed by atoms with E-state index in [1.54, 1.807) is 12.3 Å². The molecule has 3 aromatic rings. The van der Waals surface area contributed by atoms with Crippen molar-refractivity contribution < 1.29 is 0 Å². The third-order valence-corrected chi connectivity index (χ3v) is 4.06. The van der Waals surface area contributed by atoms with Gasteiger partial charge in [0.15, 0.2) is 0 Å². The predicted octanol–water partition coefficient (Wildman–Crippen LogP) is 4.81. The van der Waals surface area contributed by atoms with Gasteiger partial charge in [-0.05, 0) is 36.8 Å². The molecule has 0 bridgehead atoms. The van der Waals surface area contributed by atoms with Crippen molar-refractivity contribution in [2.45, 2.75) is 13.0 Å². The molecule has 2 aromatic heterocycles. The maximum Gasteiger partial charge on any atom is 0.0663 e. The summed E-state index contributed by atoms with van der Waals surface area (Å²) >= 11 is 12.3. The van der Waals surface area contributed by atoms with Crippen molar-refractivity contribution in [2.75, 3.05) is 5.32 Å². The molecule has 20 heavy (non-hydrogen) atoms. The van der Waals surface area contributed by atoms with E-state index in [2.05, 4.69) is 10.4 Å². The quantitative estimate of drug-likeness (QED) is 0.752. The molecule has 3 rings (SSSR count). The maximum absolute atomic E-state index is 6.24. The molecular weight excluding hydrogens is 293 g/mol. The zero-order valence-electron chi connectivity index (χ0n) is 10.8. The fourth-order valence-electron chi connectivity index (χ4n) is 2.18. The molecule has 0 fully saturated rings. The zero-order chi connectivity index (χ0) is 14.1. The minimum absolute atomic E-state index is 0.0502. The minimum atomic E-state index is 0.0502. The fraction of sp³-hybridized carbons (Fsp3) is 0.133. The van der Waals surface area contributed by atoms with E-state index in [9.17, 15) is 0 Å². The van der Waals surface area contributed by atoms with Gasteiger partial charge in [0, 0.05) is 6.20 Å². The van der Waals surface area contributed by atoms with Crippen LogP contribution in [0.4, 0.5) is 5.69 Å². The Morgan fingerprint density at radius 1 is 1.15 bits per heavy atom. The first-order valence-electron chi connectivity index (χ1n) is 6.29. The van der Waals surface area contributed by atoms with Gasteiger partial charge in [0.25, 0.3) is 0 Å². The van der Waals surface area contributed by atoms with Gasteiger partial charge in [0.05, 0.1) is 33.5 Å². The van der Waals surface area contributed by atoms with Crippen molar-refractivity contribution >= 4 is 34.4 Å². The fourth-order valence-corrected chi connectivity index (χ4v) is 2.65. The molecule has 2 heterocycles. The number of fused-ring (bicyclic) bond motifs is 1. The molecular formula is C15H13Cl2N3. The van der Waals surface area contributed by atoms with Gasteiger partial charge in [0.2, 0.25) is 0 Å². The highest BCUT2D eigenvalue weighted by molar-refractivity contribution is 6.42. The average Bonchev–Trinajstić information content (AvgIpc) is 2.89. The minimum Gasteiger partial charge on any atom is -0.377 e. The molecule has 0 spiro atoms. The number of halogens is 2. The van der Waals surface area contributed by atoms with Gasteiger partial charge in [-0.25, -0.2) is 4.52 Å². The molecule has 0 saturated heterocycles. The normalized spacial score (nSPS) is 12.6. The first-order valence-corrected chi connectivity index (χ1v) is 7.04. The van der Waals surface area contributed by atoms with Gasteiger partial charge in [0.1, 0.15) is 0 Å². The Morgan fingerprint density at radius 2 is 2.00 bits per heavy atom. The summed E-state index contributed by atoms with van der Waals surface area (Å²) in [5, 5.41) is 8.79. The molecule has 1 aromatic carbocycles. The molecule has 0 aliphatic carbocycles. The van der Waals surface area contributed by atoms with E-state index < -0.39 is 0 Å². The Kier molecular flexibility index (Phi) is 3.55. The second-order valence-electron chi connectivity index (χ2n) is 4.63. The van der Waals surface area contributed by atoms with Crippen molar-refractivity contribution in [1.29, 1.82) is 0 Å². The summed E-state index contributed by atoms with van der Waals surface area (Å²) in [6.45, 7) is 2.05. The lowest BCUT2D eigenvalue weighted by atomic mass is 10.1. The lowest BCUT2D eigenvalue weighted by Crippen LogP contribution is -2.08. The van der Waals surface area contributed by atoms with E-state index in [0.717, 1.165) is 16.8 Å². The lowest BCUT2D eigenvalue weighted by Gasteiger charge is -2.17. The number of anilines is 1. The number of pyridine rings is 1. The predicted molar refractivity (Wildman–Crippen MR) is 83.7 cm³/mol. The van der Waals surface area contributed by atoms with Gasteiger partial charge in [-0.1, -0.05) is 35.3 Å². The van der Waals surface area contributed by atoms with Gasteiger partial charge >= 0.3 is 0 Å².